The van der Waals surface area contributed by atoms with Crippen molar-refractivity contribution in [3.63, 3.8) is 0 Å². The lowest BCUT2D eigenvalue weighted by atomic mass is 9.86. The normalized spacial score (nSPS) is 11.2. The standard InChI is InChI=1S/C14H19F3O.C8H9ClS.4CH4/c1-10(15)14(16,17)9-18-12-8-6-5-7-11(12)13(2,3)4;1-2-10-8-5-3-7(9)4-6-8;;;;/h5-8,10H,9H2,1-4H3;3-6H,2H2,1H3;4*1H4. The number of hydrogen-bond donors (Lipinski definition) is 0. The van der Waals surface area contributed by atoms with Gasteiger partial charge < -0.3 is 4.74 Å². The third-order valence-corrected chi connectivity index (χ3v) is 4.97. The van der Waals surface area contributed by atoms with E-state index in [2.05, 4.69) is 6.92 Å². The average molecular weight is 497 g/mol. The molecule has 2 aromatic carbocycles. The molecule has 0 aliphatic heterocycles. The largest absolute Gasteiger partial charge is 0.487 e. The van der Waals surface area contributed by atoms with E-state index in [-0.39, 0.29) is 35.1 Å². The number of benzene rings is 2. The Morgan fingerprint density at radius 3 is 1.88 bits per heavy atom. The van der Waals surface area contributed by atoms with Crippen molar-refractivity contribution in [2.75, 3.05) is 12.4 Å². The second kappa shape index (κ2) is 17.2. The Morgan fingerprint density at radius 1 is 0.938 bits per heavy atom. The number of hydrogen-bond acceptors (Lipinski definition) is 2. The quantitative estimate of drug-likeness (QED) is 0.368. The number of alkyl halides is 3. The van der Waals surface area contributed by atoms with E-state index in [1.807, 2.05) is 68.9 Å². The zero-order chi connectivity index (χ0) is 21.4. The molecule has 0 spiro atoms. The highest BCUT2D eigenvalue weighted by Crippen LogP contribution is 2.32. The van der Waals surface area contributed by atoms with Gasteiger partial charge in [0.05, 0.1) is 0 Å². The van der Waals surface area contributed by atoms with Gasteiger partial charge in [-0.3, -0.25) is 0 Å². The van der Waals surface area contributed by atoms with Crippen molar-refractivity contribution in [2.45, 2.75) is 86.7 Å². The van der Waals surface area contributed by atoms with Crippen molar-refractivity contribution < 1.29 is 17.9 Å². The highest BCUT2D eigenvalue weighted by Gasteiger charge is 2.38. The first-order chi connectivity index (χ1) is 13.0. The molecule has 0 amide bonds. The molecule has 2 aromatic rings. The van der Waals surface area contributed by atoms with Gasteiger partial charge in [0.2, 0.25) is 0 Å². The molecule has 0 aliphatic carbocycles. The van der Waals surface area contributed by atoms with Gasteiger partial charge in [-0.25, -0.2) is 4.39 Å². The van der Waals surface area contributed by atoms with Crippen LogP contribution in [0.5, 0.6) is 5.75 Å². The van der Waals surface area contributed by atoms with Crippen molar-refractivity contribution in [2.24, 2.45) is 0 Å². The molecule has 0 N–H and O–H groups in total. The lowest BCUT2D eigenvalue weighted by Crippen LogP contribution is -2.34. The summed E-state index contributed by atoms with van der Waals surface area (Å²) in [6.45, 7) is 7.91. The van der Waals surface area contributed by atoms with Crippen LogP contribution in [0.3, 0.4) is 0 Å². The van der Waals surface area contributed by atoms with E-state index < -0.39 is 18.7 Å². The topological polar surface area (TPSA) is 9.23 Å². The maximum absolute atomic E-state index is 13.2. The lowest BCUT2D eigenvalue weighted by Gasteiger charge is -2.24. The minimum Gasteiger partial charge on any atom is -0.487 e. The molecule has 0 heterocycles. The Kier molecular flexibility index (Phi) is 20.4. The molecule has 0 aromatic heterocycles. The Morgan fingerprint density at radius 2 is 1.44 bits per heavy atom. The summed E-state index contributed by atoms with van der Waals surface area (Å²) in [6, 6.07) is 14.9. The first kappa shape index (κ1) is 38.0. The minimum absolute atomic E-state index is 0. The molecule has 6 heteroatoms. The van der Waals surface area contributed by atoms with Crippen LogP contribution in [-0.2, 0) is 5.41 Å². The van der Waals surface area contributed by atoms with E-state index in [0.29, 0.717) is 5.75 Å². The van der Waals surface area contributed by atoms with Gasteiger partial charge in [0.1, 0.15) is 5.75 Å². The summed E-state index contributed by atoms with van der Waals surface area (Å²) < 4.78 is 44.1. The minimum atomic E-state index is -3.47. The summed E-state index contributed by atoms with van der Waals surface area (Å²) in [4.78, 5) is 1.28. The molecule has 0 saturated heterocycles. The van der Waals surface area contributed by atoms with Crippen molar-refractivity contribution >= 4 is 23.4 Å². The molecule has 1 nitrogen and oxygen atoms in total. The van der Waals surface area contributed by atoms with Crippen LogP contribution in [0.4, 0.5) is 13.2 Å². The van der Waals surface area contributed by atoms with Crippen molar-refractivity contribution in [1.29, 1.82) is 0 Å². The Bertz CT molecular complexity index is 714. The van der Waals surface area contributed by atoms with Crippen LogP contribution >= 0.6 is 23.4 Å². The third kappa shape index (κ3) is 13.3. The van der Waals surface area contributed by atoms with E-state index in [9.17, 15) is 13.2 Å². The number of ether oxygens (including phenoxy) is 1. The van der Waals surface area contributed by atoms with Gasteiger partial charge in [0.25, 0.3) is 0 Å². The van der Waals surface area contributed by atoms with E-state index in [0.717, 1.165) is 23.3 Å². The highest BCUT2D eigenvalue weighted by molar-refractivity contribution is 7.99. The first-order valence-electron chi connectivity index (χ1n) is 9.10. The van der Waals surface area contributed by atoms with Gasteiger partial charge >= 0.3 is 5.92 Å². The maximum atomic E-state index is 13.2. The molecule has 0 aliphatic rings. The van der Waals surface area contributed by atoms with Crippen molar-refractivity contribution in [3.05, 3.63) is 59.1 Å². The zero-order valence-corrected chi connectivity index (χ0v) is 18.5. The number of para-hydroxylation sites is 1. The van der Waals surface area contributed by atoms with Crippen LogP contribution in [0.2, 0.25) is 5.02 Å². The molecule has 32 heavy (non-hydrogen) atoms. The third-order valence-electron chi connectivity index (χ3n) is 3.82. The van der Waals surface area contributed by atoms with Crippen LogP contribution in [-0.4, -0.2) is 24.5 Å². The Labute approximate surface area is 205 Å². The van der Waals surface area contributed by atoms with Gasteiger partial charge in [0.15, 0.2) is 12.8 Å². The van der Waals surface area contributed by atoms with Crippen LogP contribution < -0.4 is 4.74 Å². The van der Waals surface area contributed by atoms with Gasteiger partial charge in [-0.2, -0.15) is 8.78 Å². The fourth-order valence-corrected chi connectivity index (χ4v) is 2.99. The van der Waals surface area contributed by atoms with Crippen molar-refractivity contribution in [1.82, 2.24) is 0 Å². The smallest absolute Gasteiger partial charge is 0.311 e. The maximum Gasteiger partial charge on any atom is 0.311 e. The summed E-state index contributed by atoms with van der Waals surface area (Å²) in [5.74, 6) is -1.97. The molecule has 0 saturated carbocycles. The molecule has 0 bridgehead atoms. The molecule has 0 fully saturated rings. The Balaban J connectivity index is -0.000000244. The second-order valence-corrected chi connectivity index (χ2v) is 9.07. The van der Waals surface area contributed by atoms with Crippen molar-refractivity contribution in [3.8, 4) is 5.75 Å². The van der Waals surface area contributed by atoms with Crippen LogP contribution in [0.1, 0.15) is 69.9 Å². The molecular weight excluding hydrogens is 453 g/mol. The first-order valence-corrected chi connectivity index (χ1v) is 10.5. The number of halogens is 4. The summed E-state index contributed by atoms with van der Waals surface area (Å²) in [5.41, 5.74) is 0.611. The molecule has 0 radical (unpaired) electrons. The predicted molar refractivity (Wildman–Crippen MR) is 141 cm³/mol. The molecule has 1 unspecified atom stereocenters. The van der Waals surface area contributed by atoms with E-state index >= 15 is 0 Å². The second-order valence-electron chi connectivity index (χ2n) is 7.30. The summed E-state index contributed by atoms with van der Waals surface area (Å²) in [5, 5.41) is 0.806. The van der Waals surface area contributed by atoms with E-state index in [1.54, 1.807) is 12.1 Å². The predicted octanol–water partition coefficient (Wildman–Crippen LogP) is 10.4. The highest BCUT2D eigenvalue weighted by atomic mass is 35.5. The average Bonchev–Trinajstić information content (AvgIpc) is 2.62. The van der Waals surface area contributed by atoms with Crippen LogP contribution in [0.25, 0.3) is 0 Å². The van der Waals surface area contributed by atoms with Gasteiger partial charge in [-0.05, 0) is 54.0 Å². The van der Waals surface area contributed by atoms with E-state index in [1.165, 1.54) is 4.90 Å². The lowest BCUT2D eigenvalue weighted by molar-refractivity contribution is -0.0943. The molecular formula is C26H44ClF3OS. The summed E-state index contributed by atoms with van der Waals surface area (Å²) in [7, 11) is 0. The Hall–Kier alpha value is -1.33. The summed E-state index contributed by atoms with van der Waals surface area (Å²) in [6.07, 6.45) is -2.22. The van der Waals surface area contributed by atoms with Gasteiger partial charge in [-0.1, -0.05) is 87.2 Å². The van der Waals surface area contributed by atoms with Gasteiger partial charge in [-0.15, -0.1) is 11.8 Å². The van der Waals surface area contributed by atoms with E-state index in [4.69, 9.17) is 16.3 Å². The fraction of sp³-hybridized carbons (Fsp3) is 0.538. The summed E-state index contributed by atoms with van der Waals surface area (Å²) >= 11 is 7.53. The van der Waals surface area contributed by atoms with Crippen LogP contribution in [0, 0.1) is 0 Å². The molecule has 188 valence electrons. The zero-order valence-electron chi connectivity index (χ0n) is 16.9. The fourth-order valence-electron chi connectivity index (χ4n) is 2.20. The number of rotatable bonds is 6. The van der Waals surface area contributed by atoms with Gasteiger partial charge in [0, 0.05) is 9.92 Å². The molecule has 2 rings (SSSR count). The molecule has 1 atom stereocenters. The number of thioether (sulfide) groups is 1. The monoisotopic (exact) mass is 496 g/mol. The SMILES string of the molecule is C.C.C.C.CC(F)C(F)(F)COc1ccccc1C(C)(C)C.CCSc1ccc(Cl)cc1. The van der Waals surface area contributed by atoms with Crippen LogP contribution in [0.15, 0.2) is 53.4 Å².